The second-order valence-corrected chi connectivity index (χ2v) is 14.4. The van der Waals surface area contributed by atoms with Gasteiger partial charge in [-0.05, 0) is 71.5 Å². The lowest BCUT2D eigenvalue weighted by molar-refractivity contribution is -0.147. The number of halogens is 2. The fourth-order valence-corrected chi connectivity index (χ4v) is 7.15. The second-order valence-electron chi connectivity index (χ2n) is 11.6. The number of rotatable bonds is 10. The SMILES string of the molecule is CS(=O)(=O)c1cccc(C[C@H](NCc2c(Cl)cc3c(c2Cl)CCN(C(=O)c2ccc4ccoc4c2)C3)C(=O)OCc2ccccc2)c1. The van der Waals surface area contributed by atoms with Crippen LogP contribution in [0.4, 0.5) is 0 Å². The van der Waals surface area contributed by atoms with Gasteiger partial charge in [-0.15, -0.1) is 0 Å². The number of nitrogens with zero attached hydrogens (tertiary/aromatic N) is 1. The molecule has 242 valence electrons. The maximum atomic E-state index is 13.4. The van der Waals surface area contributed by atoms with E-state index in [1.165, 1.54) is 6.07 Å². The molecule has 47 heavy (non-hydrogen) atoms. The predicted molar refractivity (Wildman–Crippen MR) is 181 cm³/mol. The highest BCUT2D eigenvalue weighted by Crippen LogP contribution is 2.35. The van der Waals surface area contributed by atoms with E-state index < -0.39 is 21.8 Å². The summed E-state index contributed by atoms with van der Waals surface area (Å²) in [6, 6.07) is 24.1. The van der Waals surface area contributed by atoms with Crippen LogP contribution in [0, 0.1) is 0 Å². The molecule has 1 aliphatic rings. The normalized spacial score (nSPS) is 13.7. The van der Waals surface area contributed by atoms with Crippen molar-refractivity contribution in [3.8, 4) is 0 Å². The van der Waals surface area contributed by atoms with E-state index in [1.54, 1.807) is 41.5 Å². The zero-order valence-corrected chi connectivity index (χ0v) is 27.9. The summed E-state index contributed by atoms with van der Waals surface area (Å²) in [5.41, 5.74) is 5.08. The van der Waals surface area contributed by atoms with Crippen molar-refractivity contribution < 1.29 is 27.2 Å². The van der Waals surface area contributed by atoms with E-state index in [9.17, 15) is 18.0 Å². The van der Waals surface area contributed by atoms with Crippen molar-refractivity contribution in [1.29, 1.82) is 0 Å². The van der Waals surface area contributed by atoms with Crippen LogP contribution in [0.2, 0.25) is 10.0 Å². The number of amides is 1. The summed E-state index contributed by atoms with van der Waals surface area (Å²) in [7, 11) is -3.43. The average Bonchev–Trinajstić information content (AvgIpc) is 3.54. The molecule has 0 unspecified atom stereocenters. The van der Waals surface area contributed by atoms with Crippen molar-refractivity contribution in [3.63, 3.8) is 0 Å². The highest BCUT2D eigenvalue weighted by molar-refractivity contribution is 7.90. The van der Waals surface area contributed by atoms with Gasteiger partial charge in [0.25, 0.3) is 5.91 Å². The number of carbonyl (C=O) groups excluding carboxylic acids is 2. The Morgan fingerprint density at radius 3 is 2.55 bits per heavy atom. The molecule has 0 spiro atoms. The lowest BCUT2D eigenvalue weighted by atomic mass is 9.96. The molecule has 1 amide bonds. The fraction of sp³-hybridized carbons (Fsp3) is 0.222. The third-order valence-corrected chi connectivity index (χ3v) is 10.2. The lowest BCUT2D eigenvalue weighted by Gasteiger charge is -2.31. The zero-order valence-electron chi connectivity index (χ0n) is 25.5. The summed E-state index contributed by atoms with van der Waals surface area (Å²) in [5.74, 6) is -0.602. The van der Waals surface area contributed by atoms with Gasteiger partial charge in [0.15, 0.2) is 9.84 Å². The van der Waals surface area contributed by atoms with Gasteiger partial charge in [-0.3, -0.25) is 14.9 Å². The molecule has 4 aromatic carbocycles. The van der Waals surface area contributed by atoms with E-state index in [0.29, 0.717) is 51.8 Å². The van der Waals surface area contributed by atoms with Gasteiger partial charge in [0.2, 0.25) is 0 Å². The van der Waals surface area contributed by atoms with Crippen molar-refractivity contribution in [2.75, 3.05) is 12.8 Å². The maximum absolute atomic E-state index is 13.4. The number of hydrogen-bond acceptors (Lipinski definition) is 7. The summed E-state index contributed by atoms with van der Waals surface area (Å²) < 4.78 is 35.5. The molecule has 0 fully saturated rings. The van der Waals surface area contributed by atoms with E-state index in [0.717, 1.165) is 28.3 Å². The van der Waals surface area contributed by atoms with Crippen LogP contribution in [0.5, 0.6) is 0 Å². The number of hydrogen-bond donors (Lipinski definition) is 1. The van der Waals surface area contributed by atoms with Gasteiger partial charge in [0.05, 0.1) is 16.2 Å². The molecule has 8 nitrogen and oxygen atoms in total. The first-order valence-electron chi connectivity index (χ1n) is 15.0. The molecule has 1 N–H and O–H groups in total. The van der Waals surface area contributed by atoms with Crippen LogP contribution < -0.4 is 5.32 Å². The van der Waals surface area contributed by atoms with Crippen LogP contribution in [-0.2, 0) is 51.9 Å². The van der Waals surface area contributed by atoms with Gasteiger partial charge in [-0.2, -0.15) is 0 Å². The number of benzene rings is 4. The topological polar surface area (TPSA) is 106 Å². The van der Waals surface area contributed by atoms with Crippen LogP contribution in [0.1, 0.15) is 38.2 Å². The Hall–Kier alpha value is -4.15. The van der Waals surface area contributed by atoms with Crippen LogP contribution in [-0.4, -0.2) is 44.0 Å². The van der Waals surface area contributed by atoms with Gasteiger partial charge >= 0.3 is 5.97 Å². The summed E-state index contributed by atoms with van der Waals surface area (Å²) in [6.45, 7) is 1.07. The van der Waals surface area contributed by atoms with Crippen LogP contribution in [0.25, 0.3) is 11.0 Å². The summed E-state index contributed by atoms with van der Waals surface area (Å²) in [4.78, 5) is 28.7. The van der Waals surface area contributed by atoms with Gasteiger partial charge < -0.3 is 14.1 Å². The molecule has 0 bridgehead atoms. The van der Waals surface area contributed by atoms with Crippen LogP contribution in [0.15, 0.2) is 101 Å². The Bertz CT molecular complexity index is 2060. The Kier molecular flexibility index (Phi) is 9.70. The summed E-state index contributed by atoms with van der Waals surface area (Å²) in [5, 5.41) is 5.08. The summed E-state index contributed by atoms with van der Waals surface area (Å²) in [6.07, 6.45) is 3.45. The Labute approximate surface area is 283 Å². The third-order valence-electron chi connectivity index (χ3n) is 8.29. The molecule has 1 aromatic heterocycles. The molecular weight excluding hydrogens is 659 g/mol. The van der Waals surface area contributed by atoms with Crippen LogP contribution in [0.3, 0.4) is 0 Å². The highest BCUT2D eigenvalue weighted by Gasteiger charge is 2.27. The Morgan fingerprint density at radius 2 is 1.77 bits per heavy atom. The molecule has 1 aliphatic heterocycles. The van der Waals surface area contributed by atoms with E-state index in [2.05, 4.69) is 5.32 Å². The maximum Gasteiger partial charge on any atom is 0.323 e. The minimum atomic E-state index is -3.43. The highest BCUT2D eigenvalue weighted by atomic mass is 35.5. The number of carbonyl (C=O) groups is 2. The molecular formula is C36H32Cl2N2O6S. The number of ether oxygens (including phenoxy) is 1. The monoisotopic (exact) mass is 690 g/mol. The molecule has 2 heterocycles. The smallest absolute Gasteiger partial charge is 0.323 e. The first-order valence-corrected chi connectivity index (χ1v) is 17.7. The van der Waals surface area contributed by atoms with Crippen molar-refractivity contribution in [1.82, 2.24) is 10.2 Å². The molecule has 1 atom stereocenters. The molecule has 6 rings (SSSR count). The number of esters is 1. The summed E-state index contributed by atoms with van der Waals surface area (Å²) >= 11 is 13.7. The van der Waals surface area contributed by atoms with E-state index in [1.807, 2.05) is 48.5 Å². The van der Waals surface area contributed by atoms with Gasteiger partial charge in [0.1, 0.15) is 18.2 Å². The molecule has 0 aliphatic carbocycles. The minimum Gasteiger partial charge on any atom is -0.464 e. The van der Waals surface area contributed by atoms with Crippen molar-refractivity contribution in [2.24, 2.45) is 0 Å². The number of fused-ring (bicyclic) bond motifs is 2. The van der Waals surface area contributed by atoms with E-state index >= 15 is 0 Å². The lowest BCUT2D eigenvalue weighted by Crippen LogP contribution is -2.40. The van der Waals surface area contributed by atoms with Gasteiger partial charge in [-0.25, -0.2) is 8.42 Å². The Morgan fingerprint density at radius 1 is 0.979 bits per heavy atom. The first-order chi connectivity index (χ1) is 22.6. The minimum absolute atomic E-state index is 0.0895. The fourth-order valence-electron chi connectivity index (χ4n) is 5.74. The molecule has 0 radical (unpaired) electrons. The van der Waals surface area contributed by atoms with Crippen LogP contribution >= 0.6 is 23.2 Å². The van der Waals surface area contributed by atoms with Crippen molar-refractivity contribution in [3.05, 3.63) is 135 Å². The molecule has 5 aromatic rings. The van der Waals surface area contributed by atoms with Crippen molar-refractivity contribution in [2.45, 2.75) is 43.5 Å². The quantitative estimate of drug-likeness (QED) is 0.161. The third kappa shape index (κ3) is 7.55. The molecule has 11 heteroatoms. The Balaban J connectivity index is 1.19. The largest absolute Gasteiger partial charge is 0.464 e. The van der Waals surface area contributed by atoms with Gasteiger partial charge in [-0.1, -0.05) is 71.7 Å². The zero-order chi connectivity index (χ0) is 33.1. The van der Waals surface area contributed by atoms with E-state index in [-0.39, 0.29) is 30.4 Å². The predicted octanol–water partition coefficient (Wildman–Crippen LogP) is 6.79. The van der Waals surface area contributed by atoms with Crippen molar-refractivity contribution >= 4 is 55.9 Å². The second kappa shape index (κ2) is 13.9. The van der Waals surface area contributed by atoms with Gasteiger partial charge in [0, 0.05) is 47.4 Å². The molecule has 0 saturated heterocycles. The number of nitrogens with one attached hydrogen (secondary N) is 1. The number of furan rings is 1. The average molecular weight is 692 g/mol. The first kappa shape index (κ1) is 32.8. The standard InChI is InChI=1S/C36H32Cl2N2O6S/c1-47(43,44)28-9-5-8-24(16-28)17-32(36(42)46-22-23-6-3-2-4-7-23)39-20-30-31(37)18-27-21-40(14-12-29(27)34(30)38)35(41)26-11-10-25-13-15-45-33(25)19-26/h2-11,13,15-16,18-19,32,39H,12,14,17,20-22H2,1H3/t32-/m0/s1. The molecule has 0 saturated carbocycles. The van der Waals surface area contributed by atoms with E-state index in [4.69, 9.17) is 32.4 Å². The number of sulfone groups is 1.